The molecule has 0 saturated carbocycles. The van der Waals surface area contributed by atoms with Crippen molar-refractivity contribution in [2.45, 2.75) is 19.9 Å². The molecule has 0 fully saturated rings. The standard InChI is InChI=1S/C22H22N2O3/c1-15-5-6-18(13-19(15)24-9-3-4-10-24)22(25)23-16(2)17-7-8-20-21(14-17)27-12-11-26-20/h3-10,13-14,16H,11-12H2,1-2H3,(H,23,25). The summed E-state index contributed by atoms with van der Waals surface area (Å²) in [7, 11) is 0. The predicted molar refractivity (Wildman–Crippen MR) is 104 cm³/mol. The fraction of sp³-hybridized carbons (Fsp3) is 0.227. The van der Waals surface area contributed by atoms with Crippen molar-refractivity contribution in [2.24, 2.45) is 0 Å². The van der Waals surface area contributed by atoms with E-state index in [0.29, 0.717) is 18.8 Å². The van der Waals surface area contributed by atoms with E-state index in [4.69, 9.17) is 9.47 Å². The molecule has 0 saturated heterocycles. The fourth-order valence-electron chi connectivity index (χ4n) is 3.22. The number of fused-ring (bicyclic) bond motifs is 1. The molecule has 5 nitrogen and oxygen atoms in total. The maximum absolute atomic E-state index is 12.8. The Morgan fingerprint density at radius 3 is 2.56 bits per heavy atom. The van der Waals surface area contributed by atoms with Crippen molar-refractivity contribution < 1.29 is 14.3 Å². The molecule has 0 bridgehead atoms. The van der Waals surface area contributed by atoms with E-state index in [9.17, 15) is 4.79 Å². The van der Waals surface area contributed by atoms with E-state index in [1.54, 1.807) is 0 Å². The van der Waals surface area contributed by atoms with Crippen LogP contribution in [0.5, 0.6) is 11.5 Å². The zero-order valence-corrected chi connectivity index (χ0v) is 15.4. The average Bonchev–Trinajstić information content (AvgIpc) is 3.22. The first-order chi connectivity index (χ1) is 13.1. The van der Waals surface area contributed by atoms with Gasteiger partial charge in [-0.2, -0.15) is 0 Å². The maximum atomic E-state index is 12.8. The molecule has 1 N–H and O–H groups in total. The van der Waals surface area contributed by atoms with Gasteiger partial charge in [0.2, 0.25) is 0 Å². The zero-order valence-electron chi connectivity index (χ0n) is 15.4. The van der Waals surface area contributed by atoms with Gasteiger partial charge >= 0.3 is 0 Å². The number of hydrogen-bond acceptors (Lipinski definition) is 3. The van der Waals surface area contributed by atoms with E-state index in [-0.39, 0.29) is 11.9 Å². The van der Waals surface area contributed by atoms with E-state index in [2.05, 4.69) is 5.32 Å². The van der Waals surface area contributed by atoms with Gasteiger partial charge in [-0.3, -0.25) is 4.79 Å². The van der Waals surface area contributed by atoms with E-state index >= 15 is 0 Å². The average molecular weight is 362 g/mol. The van der Waals surface area contributed by atoms with Crippen LogP contribution in [0.3, 0.4) is 0 Å². The van der Waals surface area contributed by atoms with Crippen LogP contribution in [0.1, 0.15) is 34.5 Å². The Labute approximate surface area is 158 Å². The first-order valence-electron chi connectivity index (χ1n) is 9.06. The van der Waals surface area contributed by atoms with Crippen LogP contribution in [0.15, 0.2) is 60.9 Å². The third-order valence-corrected chi connectivity index (χ3v) is 4.77. The minimum atomic E-state index is -0.148. The van der Waals surface area contributed by atoms with E-state index < -0.39 is 0 Å². The molecule has 1 aromatic heterocycles. The summed E-state index contributed by atoms with van der Waals surface area (Å²) in [6.45, 7) is 5.11. The van der Waals surface area contributed by atoms with Crippen LogP contribution in [0, 0.1) is 6.92 Å². The van der Waals surface area contributed by atoms with Crippen LogP contribution in [0.2, 0.25) is 0 Å². The lowest BCUT2D eigenvalue weighted by molar-refractivity contribution is 0.0939. The number of aryl methyl sites for hydroxylation is 1. The number of hydrogen-bond donors (Lipinski definition) is 1. The summed E-state index contributed by atoms with van der Waals surface area (Å²) in [5, 5.41) is 3.07. The zero-order chi connectivity index (χ0) is 18.8. The third-order valence-electron chi connectivity index (χ3n) is 4.77. The van der Waals surface area contributed by atoms with Crippen LogP contribution in [-0.4, -0.2) is 23.7 Å². The van der Waals surface area contributed by atoms with Gasteiger partial charge in [0.15, 0.2) is 11.5 Å². The molecule has 3 aromatic rings. The van der Waals surface area contributed by atoms with Crippen LogP contribution in [0.4, 0.5) is 0 Å². The molecule has 2 heterocycles. The second-order valence-corrected chi connectivity index (χ2v) is 6.69. The van der Waals surface area contributed by atoms with Gasteiger partial charge in [-0.25, -0.2) is 0 Å². The van der Waals surface area contributed by atoms with Crippen molar-refractivity contribution in [1.29, 1.82) is 0 Å². The van der Waals surface area contributed by atoms with Gasteiger partial charge < -0.3 is 19.4 Å². The van der Waals surface area contributed by atoms with Gasteiger partial charge in [-0.1, -0.05) is 12.1 Å². The minimum Gasteiger partial charge on any atom is -0.486 e. The SMILES string of the molecule is Cc1ccc(C(=O)NC(C)c2ccc3c(c2)OCCO3)cc1-n1cccc1. The third kappa shape index (κ3) is 3.53. The van der Waals surface area contributed by atoms with Gasteiger partial charge in [0.05, 0.1) is 6.04 Å². The fourth-order valence-corrected chi connectivity index (χ4v) is 3.22. The van der Waals surface area contributed by atoms with Crippen molar-refractivity contribution in [3.63, 3.8) is 0 Å². The monoisotopic (exact) mass is 362 g/mol. The number of amides is 1. The Bertz CT molecular complexity index is 964. The number of aromatic nitrogens is 1. The highest BCUT2D eigenvalue weighted by atomic mass is 16.6. The first-order valence-corrected chi connectivity index (χ1v) is 9.06. The van der Waals surface area contributed by atoms with Crippen molar-refractivity contribution in [3.05, 3.63) is 77.6 Å². The summed E-state index contributed by atoms with van der Waals surface area (Å²) in [4.78, 5) is 12.8. The van der Waals surface area contributed by atoms with Crippen molar-refractivity contribution >= 4 is 5.91 Å². The van der Waals surface area contributed by atoms with Crippen LogP contribution in [-0.2, 0) is 0 Å². The molecule has 1 amide bonds. The molecule has 0 aliphatic carbocycles. The maximum Gasteiger partial charge on any atom is 0.251 e. The number of benzene rings is 2. The molecular formula is C22H22N2O3. The second kappa shape index (κ2) is 7.19. The van der Waals surface area contributed by atoms with Gasteiger partial charge in [-0.15, -0.1) is 0 Å². The number of carbonyl (C=O) groups is 1. The Hall–Kier alpha value is -3.21. The van der Waals surface area contributed by atoms with E-state index in [1.165, 1.54) is 0 Å². The van der Waals surface area contributed by atoms with Gasteiger partial charge in [0.25, 0.3) is 5.91 Å². The summed E-state index contributed by atoms with van der Waals surface area (Å²) in [6.07, 6.45) is 3.95. The molecular weight excluding hydrogens is 340 g/mol. The summed E-state index contributed by atoms with van der Waals surface area (Å²) >= 11 is 0. The van der Waals surface area contributed by atoms with Crippen LogP contribution in [0.25, 0.3) is 5.69 Å². The topological polar surface area (TPSA) is 52.5 Å². The lowest BCUT2D eigenvalue weighted by Gasteiger charge is -2.21. The minimum absolute atomic E-state index is 0.106. The normalized spacial score (nSPS) is 13.9. The highest BCUT2D eigenvalue weighted by Gasteiger charge is 2.17. The second-order valence-electron chi connectivity index (χ2n) is 6.69. The Balaban J connectivity index is 1.53. The molecule has 0 spiro atoms. The molecule has 138 valence electrons. The predicted octanol–water partition coefficient (Wildman–Crippen LogP) is 4.05. The van der Waals surface area contributed by atoms with Gasteiger partial charge in [-0.05, 0) is 61.4 Å². The number of nitrogens with zero attached hydrogens (tertiary/aromatic N) is 1. The quantitative estimate of drug-likeness (QED) is 0.762. The molecule has 1 unspecified atom stereocenters. The van der Waals surface area contributed by atoms with Crippen molar-refractivity contribution in [2.75, 3.05) is 13.2 Å². The lowest BCUT2D eigenvalue weighted by Crippen LogP contribution is -2.27. The van der Waals surface area contributed by atoms with E-state index in [1.807, 2.05) is 79.3 Å². The molecule has 5 heteroatoms. The number of ether oxygens (including phenoxy) is 2. The molecule has 4 rings (SSSR count). The largest absolute Gasteiger partial charge is 0.486 e. The molecule has 1 aliphatic heterocycles. The Morgan fingerprint density at radius 1 is 1.04 bits per heavy atom. The lowest BCUT2D eigenvalue weighted by atomic mass is 10.1. The molecule has 2 aromatic carbocycles. The number of rotatable bonds is 4. The van der Waals surface area contributed by atoms with Gasteiger partial charge in [0.1, 0.15) is 13.2 Å². The molecule has 27 heavy (non-hydrogen) atoms. The highest BCUT2D eigenvalue weighted by molar-refractivity contribution is 5.95. The number of carbonyl (C=O) groups excluding carboxylic acids is 1. The molecule has 1 atom stereocenters. The smallest absolute Gasteiger partial charge is 0.251 e. The van der Waals surface area contributed by atoms with Crippen LogP contribution >= 0.6 is 0 Å². The van der Waals surface area contributed by atoms with E-state index in [0.717, 1.165) is 28.3 Å². The molecule has 0 radical (unpaired) electrons. The summed E-state index contributed by atoms with van der Waals surface area (Å²) in [5.74, 6) is 1.37. The van der Waals surface area contributed by atoms with Crippen molar-refractivity contribution in [1.82, 2.24) is 9.88 Å². The Kier molecular flexibility index (Phi) is 4.59. The highest BCUT2D eigenvalue weighted by Crippen LogP contribution is 2.32. The number of nitrogens with one attached hydrogen (secondary N) is 1. The first kappa shape index (κ1) is 17.2. The Morgan fingerprint density at radius 2 is 1.78 bits per heavy atom. The summed E-state index contributed by atoms with van der Waals surface area (Å²) in [6, 6.07) is 15.3. The van der Waals surface area contributed by atoms with Crippen molar-refractivity contribution in [3.8, 4) is 17.2 Å². The van der Waals surface area contributed by atoms with Crippen LogP contribution < -0.4 is 14.8 Å². The summed E-state index contributed by atoms with van der Waals surface area (Å²) < 4.78 is 13.2. The molecule has 1 aliphatic rings. The van der Waals surface area contributed by atoms with Gasteiger partial charge in [0, 0.05) is 23.6 Å². The summed E-state index contributed by atoms with van der Waals surface area (Å²) in [5.41, 5.74) is 3.72.